The summed E-state index contributed by atoms with van der Waals surface area (Å²) < 4.78 is 13.6. The molecule has 1 aromatic heterocycles. The van der Waals surface area contributed by atoms with Crippen LogP contribution in [-0.2, 0) is 24.3 Å². The summed E-state index contributed by atoms with van der Waals surface area (Å²) in [6.07, 6.45) is 2.44. The molecule has 30 heavy (non-hydrogen) atoms. The van der Waals surface area contributed by atoms with E-state index >= 15 is 0 Å². The SMILES string of the molecule is CCNC(=O)c1nn(CC2CC2)c2c1CN(C(=O)[C@H]1COc3ccccc3O1)CC2. The Morgan fingerprint density at radius 2 is 2.03 bits per heavy atom. The third kappa shape index (κ3) is 3.51. The molecule has 1 N–H and O–H groups in total. The number of fused-ring (bicyclic) bond motifs is 2. The van der Waals surface area contributed by atoms with Gasteiger partial charge < -0.3 is 19.7 Å². The van der Waals surface area contributed by atoms with E-state index in [1.807, 2.05) is 29.8 Å². The van der Waals surface area contributed by atoms with Gasteiger partial charge in [-0.3, -0.25) is 14.3 Å². The van der Waals surface area contributed by atoms with Crippen LogP contribution in [0.2, 0.25) is 0 Å². The van der Waals surface area contributed by atoms with Gasteiger partial charge in [-0.15, -0.1) is 0 Å². The Bertz CT molecular complexity index is 982. The monoisotopic (exact) mass is 410 g/mol. The van der Waals surface area contributed by atoms with Crippen molar-refractivity contribution >= 4 is 11.8 Å². The van der Waals surface area contributed by atoms with Gasteiger partial charge in [0.05, 0.1) is 0 Å². The number of hydrogen-bond donors (Lipinski definition) is 1. The van der Waals surface area contributed by atoms with Crippen LogP contribution in [0.15, 0.2) is 24.3 Å². The number of rotatable bonds is 5. The number of benzene rings is 1. The first-order valence-corrected chi connectivity index (χ1v) is 10.7. The second kappa shape index (κ2) is 7.66. The number of carbonyl (C=O) groups is 2. The summed E-state index contributed by atoms with van der Waals surface area (Å²) in [5, 5.41) is 7.49. The Kier molecular flexibility index (Phi) is 4.84. The van der Waals surface area contributed by atoms with Crippen LogP contribution in [0.5, 0.6) is 11.5 Å². The number of nitrogens with zero attached hydrogens (tertiary/aromatic N) is 3. The lowest BCUT2D eigenvalue weighted by atomic mass is 10.0. The maximum Gasteiger partial charge on any atom is 0.272 e. The predicted molar refractivity (Wildman–Crippen MR) is 108 cm³/mol. The highest BCUT2D eigenvalue weighted by atomic mass is 16.6. The number of para-hydroxylation sites is 2. The topological polar surface area (TPSA) is 85.7 Å². The van der Waals surface area contributed by atoms with Crippen molar-refractivity contribution in [3.05, 3.63) is 41.2 Å². The summed E-state index contributed by atoms with van der Waals surface area (Å²) in [6.45, 7) is 4.42. The fraction of sp³-hybridized carbons (Fsp3) is 0.500. The first-order chi connectivity index (χ1) is 14.6. The van der Waals surface area contributed by atoms with Gasteiger partial charge in [-0.2, -0.15) is 5.10 Å². The summed E-state index contributed by atoms with van der Waals surface area (Å²) >= 11 is 0. The highest BCUT2D eigenvalue weighted by Gasteiger charge is 2.36. The normalized spacial score (nSPS) is 19.9. The van der Waals surface area contributed by atoms with E-state index < -0.39 is 6.10 Å². The predicted octanol–water partition coefficient (Wildman–Crippen LogP) is 1.77. The summed E-state index contributed by atoms with van der Waals surface area (Å²) in [5.41, 5.74) is 2.38. The van der Waals surface area contributed by atoms with Gasteiger partial charge in [-0.1, -0.05) is 12.1 Å². The fourth-order valence-corrected chi connectivity index (χ4v) is 4.15. The minimum atomic E-state index is -0.684. The molecular formula is C22H26N4O4. The molecule has 0 unspecified atom stereocenters. The molecule has 1 saturated carbocycles. The number of amides is 2. The highest BCUT2D eigenvalue weighted by Crippen LogP contribution is 2.34. The number of carbonyl (C=O) groups excluding carboxylic acids is 2. The Balaban J connectivity index is 1.36. The first-order valence-electron chi connectivity index (χ1n) is 10.7. The first kappa shape index (κ1) is 19.0. The van der Waals surface area contributed by atoms with E-state index in [1.54, 1.807) is 11.0 Å². The van der Waals surface area contributed by atoms with Crippen LogP contribution < -0.4 is 14.8 Å². The molecule has 1 atom stereocenters. The van der Waals surface area contributed by atoms with Crippen molar-refractivity contribution < 1.29 is 19.1 Å². The molecule has 5 rings (SSSR count). The van der Waals surface area contributed by atoms with Crippen molar-refractivity contribution in [3.8, 4) is 11.5 Å². The van der Waals surface area contributed by atoms with E-state index in [4.69, 9.17) is 9.47 Å². The number of aromatic nitrogens is 2. The van der Waals surface area contributed by atoms with Crippen molar-refractivity contribution in [3.63, 3.8) is 0 Å². The van der Waals surface area contributed by atoms with Crippen LogP contribution >= 0.6 is 0 Å². The molecule has 2 aromatic rings. The highest BCUT2D eigenvalue weighted by molar-refractivity contribution is 5.94. The molecule has 3 aliphatic rings. The van der Waals surface area contributed by atoms with Gasteiger partial charge in [-0.25, -0.2) is 0 Å². The lowest BCUT2D eigenvalue weighted by molar-refractivity contribution is -0.142. The zero-order valence-electron chi connectivity index (χ0n) is 17.1. The van der Waals surface area contributed by atoms with Crippen LogP contribution in [0.4, 0.5) is 0 Å². The molecule has 8 heteroatoms. The van der Waals surface area contributed by atoms with Crippen LogP contribution in [0.3, 0.4) is 0 Å². The second-order valence-electron chi connectivity index (χ2n) is 8.13. The van der Waals surface area contributed by atoms with Crippen molar-refractivity contribution in [2.75, 3.05) is 19.7 Å². The molecule has 0 spiro atoms. The van der Waals surface area contributed by atoms with Crippen LogP contribution in [0.25, 0.3) is 0 Å². The Labute approximate surface area is 175 Å². The molecule has 1 aromatic carbocycles. The smallest absolute Gasteiger partial charge is 0.272 e. The molecule has 2 aliphatic heterocycles. The average Bonchev–Trinajstić information content (AvgIpc) is 3.52. The fourth-order valence-electron chi connectivity index (χ4n) is 4.15. The summed E-state index contributed by atoms with van der Waals surface area (Å²) in [4.78, 5) is 27.5. The van der Waals surface area contributed by atoms with Crippen molar-refractivity contribution in [2.24, 2.45) is 5.92 Å². The largest absolute Gasteiger partial charge is 0.485 e. The minimum Gasteiger partial charge on any atom is -0.485 e. The molecular weight excluding hydrogens is 384 g/mol. The molecule has 0 bridgehead atoms. The molecule has 0 saturated heterocycles. The van der Waals surface area contributed by atoms with Crippen LogP contribution in [0, 0.1) is 5.92 Å². The molecule has 158 valence electrons. The van der Waals surface area contributed by atoms with E-state index in [9.17, 15) is 9.59 Å². The molecule has 1 fully saturated rings. The lowest BCUT2D eigenvalue weighted by Gasteiger charge is -2.33. The van der Waals surface area contributed by atoms with Gasteiger partial charge in [0.15, 0.2) is 17.2 Å². The van der Waals surface area contributed by atoms with E-state index in [0.29, 0.717) is 49.2 Å². The van der Waals surface area contributed by atoms with E-state index in [1.165, 1.54) is 12.8 Å². The van der Waals surface area contributed by atoms with Gasteiger partial charge in [0.25, 0.3) is 11.8 Å². The maximum atomic E-state index is 13.2. The number of ether oxygens (including phenoxy) is 2. The van der Waals surface area contributed by atoms with Crippen molar-refractivity contribution in [1.29, 1.82) is 0 Å². The van der Waals surface area contributed by atoms with Crippen LogP contribution in [0.1, 0.15) is 41.5 Å². The lowest BCUT2D eigenvalue weighted by Crippen LogP contribution is -2.48. The quantitative estimate of drug-likeness (QED) is 0.812. The van der Waals surface area contributed by atoms with E-state index in [0.717, 1.165) is 17.8 Å². The van der Waals surface area contributed by atoms with Gasteiger partial charge >= 0.3 is 0 Å². The van der Waals surface area contributed by atoms with Gasteiger partial charge in [-0.05, 0) is 37.8 Å². The third-order valence-electron chi connectivity index (χ3n) is 5.91. The molecule has 1 aliphatic carbocycles. The average molecular weight is 410 g/mol. The van der Waals surface area contributed by atoms with Gasteiger partial charge in [0.1, 0.15) is 6.61 Å². The van der Waals surface area contributed by atoms with Gasteiger partial charge in [0.2, 0.25) is 6.10 Å². The zero-order chi connectivity index (χ0) is 20.7. The van der Waals surface area contributed by atoms with Crippen molar-refractivity contribution in [1.82, 2.24) is 20.0 Å². The Morgan fingerprint density at radius 1 is 1.23 bits per heavy atom. The maximum absolute atomic E-state index is 13.2. The molecule has 2 amide bonds. The van der Waals surface area contributed by atoms with Crippen LogP contribution in [-0.4, -0.2) is 52.3 Å². The summed E-state index contributed by atoms with van der Waals surface area (Å²) in [6, 6.07) is 7.36. The van der Waals surface area contributed by atoms with E-state index in [-0.39, 0.29) is 18.4 Å². The summed E-state index contributed by atoms with van der Waals surface area (Å²) in [5.74, 6) is 1.60. The number of nitrogens with one attached hydrogen (secondary N) is 1. The Morgan fingerprint density at radius 3 is 2.80 bits per heavy atom. The third-order valence-corrected chi connectivity index (χ3v) is 5.91. The molecule has 3 heterocycles. The minimum absolute atomic E-state index is 0.119. The zero-order valence-corrected chi connectivity index (χ0v) is 17.1. The standard InChI is InChI=1S/C22H26N4O4/c1-2-23-21(27)20-15-12-25(10-9-16(15)26(24-20)11-14-7-8-14)22(28)19-13-29-17-5-3-4-6-18(17)30-19/h3-6,14,19H,2,7-13H2,1H3,(H,23,27)/t19-/m1/s1. The number of hydrogen-bond acceptors (Lipinski definition) is 5. The molecule has 0 radical (unpaired) electrons. The van der Waals surface area contributed by atoms with Gasteiger partial charge in [0, 0.05) is 43.9 Å². The van der Waals surface area contributed by atoms with Crippen molar-refractivity contribution in [2.45, 2.75) is 45.4 Å². The van der Waals surface area contributed by atoms with E-state index in [2.05, 4.69) is 10.4 Å². The summed E-state index contributed by atoms with van der Waals surface area (Å²) in [7, 11) is 0. The Hall–Kier alpha value is -3.03. The second-order valence-corrected chi connectivity index (χ2v) is 8.13. The molecule has 8 nitrogen and oxygen atoms in total.